The number of nitrogens with one attached hydrogen (secondary N) is 1. The van der Waals surface area contributed by atoms with Crippen molar-refractivity contribution in [2.75, 3.05) is 13.7 Å². The van der Waals surface area contributed by atoms with Crippen molar-refractivity contribution < 1.29 is 24.5 Å². The number of carbonyl (C=O) groups is 1. The van der Waals surface area contributed by atoms with E-state index in [0.717, 1.165) is 17.9 Å². The van der Waals surface area contributed by atoms with Gasteiger partial charge in [-0.05, 0) is 0 Å². The Labute approximate surface area is 112 Å². The SMILES string of the molecule is COC(=O)c1cn([C@H]2C[C@H](O)[C@@H](CO)O2)c(=O)[nH]c1=O. The largest absolute Gasteiger partial charge is 0.465 e. The number of hydrogen-bond donors (Lipinski definition) is 3. The predicted octanol–water partition coefficient (Wildman–Crippen LogP) is -2.04. The highest BCUT2D eigenvalue weighted by Crippen LogP contribution is 2.27. The van der Waals surface area contributed by atoms with E-state index < -0.39 is 42.3 Å². The highest BCUT2D eigenvalue weighted by molar-refractivity contribution is 5.88. The second kappa shape index (κ2) is 5.57. The Morgan fingerprint density at radius 3 is 2.85 bits per heavy atom. The molecule has 1 saturated heterocycles. The Morgan fingerprint density at radius 2 is 2.30 bits per heavy atom. The number of aliphatic hydroxyl groups is 2. The number of esters is 1. The number of nitrogens with zero attached hydrogens (tertiary/aromatic N) is 1. The van der Waals surface area contributed by atoms with Crippen LogP contribution in [-0.4, -0.2) is 51.7 Å². The molecule has 1 aromatic heterocycles. The fourth-order valence-corrected chi connectivity index (χ4v) is 2.00. The number of methoxy groups -OCH3 is 1. The topological polar surface area (TPSA) is 131 Å². The third kappa shape index (κ3) is 2.50. The number of H-pyrrole nitrogens is 1. The molecule has 2 heterocycles. The smallest absolute Gasteiger partial charge is 0.345 e. The fourth-order valence-electron chi connectivity index (χ4n) is 2.00. The van der Waals surface area contributed by atoms with E-state index in [-0.39, 0.29) is 12.0 Å². The minimum absolute atomic E-state index is 0.0534. The molecule has 1 aromatic rings. The number of carbonyl (C=O) groups excluding carboxylic acids is 1. The summed E-state index contributed by atoms with van der Waals surface area (Å²) >= 11 is 0. The maximum atomic E-state index is 11.7. The van der Waals surface area contributed by atoms with Gasteiger partial charge in [-0.3, -0.25) is 14.3 Å². The van der Waals surface area contributed by atoms with Gasteiger partial charge in [-0.1, -0.05) is 0 Å². The van der Waals surface area contributed by atoms with Crippen molar-refractivity contribution in [3.05, 3.63) is 32.6 Å². The lowest BCUT2D eigenvalue weighted by Crippen LogP contribution is -2.35. The van der Waals surface area contributed by atoms with Crippen LogP contribution in [0.3, 0.4) is 0 Å². The van der Waals surface area contributed by atoms with E-state index in [4.69, 9.17) is 9.84 Å². The standard InChI is InChI=1S/C11H14N2O7/c1-19-10(17)5-3-13(11(18)12-9(5)16)8-2-6(15)7(4-14)20-8/h3,6-8,14-15H,2,4H2,1H3,(H,12,16,18)/t6-,7+,8+/m0/s1. The number of rotatable bonds is 3. The first-order valence-corrected chi connectivity index (χ1v) is 5.86. The molecule has 9 heteroatoms. The van der Waals surface area contributed by atoms with Crippen molar-refractivity contribution in [3.63, 3.8) is 0 Å². The summed E-state index contributed by atoms with van der Waals surface area (Å²) in [5, 5.41) is 18.6. The predicted molar refractivity (Wildman–Crippen MR) is 64.3 cm³/mol. The molecular weight excluding hydrogens is 272 g/mol. The molecule has 1 fully saturated rings. The van der Waals surface area contributed by atoms with Gasteiger partial charge in [-0.2, -0.15) is 0 Å². The minimum Gasteiger partial charge on any atom is -0.465 e. The molecule has 2 rings (SSSR count). The molecule has 0 radical (unpaired) electrons. The molecule has 0 aliphatic carbocycles. The molecule has 0 amide bonds. The first-order chi connectivity index (χ1) is 9.47. The Hall–Kier alpha value is -1.97. The van der Waals surface area contributed by atoms with E-state index in [1.54, 1.807) is 0 Å². The van der Waals surface area contributed by atoms with Gasteiger partial charge < -0.3 is 19.7 Å². The van der Waals surface area contributed by atoms with Gasteiger partial charge in [-0.25, -0.2) is 9.59 Å². The average molecular weight is 286 g/mol. The third-order valence-electron chi connectivity index (χ3n) is 3.07. The number of aromatic nitrogens is 2. The molecule has 3 atom stereocenters. The molecule has 20 heavy (non-hydrogen) atoms. The van der Waals surface area contributed by atoms with Crippen LogP contribution in [0.2, 0.25) is 0 Å². The summed E-state index contributed by atoms with van der Waals surface area (Å²) in [5.74, 6) is -0.891. The van der Waals surface area contributed by atoms with Crippen molar-refractivity contribution >= 4 is 5.97 Å². The number of ether oxygens (including phenoxy) is 2. The molecule has 0 bridgehead atoms. The van der Waals surface area contributed by atoms with Crippen molar-refractivity contribution in [1.29, 1.82) is 0 Å². The van der Waals surface area contributed by atoms with Gasteiger partial charge in [0, 0.05) is 12.6 Å². The minimum atomic E-state index is -0.939. The van der Waals surface area contributed by atoms with Gasteiger partial charge in [0.2, 0.25) is 0 Å². The lowest BCUT2D eigenvalue weighted by atomic mass is 10.2. The van der Waals surface area contributed by atoms with Crippen LogP contribution in [-0.2, 0) is 9.47 Å². The molecule has 9 nitrogen and oxygen atoms in total. The second-order valence-electron chi connectivity index (χ2n) is 4.32. The van der Waals surface area contributed by atoms with Gasteiger partial charge >= 0.3 is 11.7 Å². The fraction of sp³-hybridized carbons (Fsp3) is 0.545. The quantitative estimate of drug-likeness (QED) is 0.546. The molecule has 110 valence electrons. The zero-order chi connectivity index (χ0) is 14.9. The number of aromatic amines is 1. The first-order valence-electron chi connectivity index (χ1n) is 5.86. The molecule has 0 aromatic carbocycles. The van der Waals surface area contributed by atoms with Gasteiger partial charge in [0.15, 0.2) is 0 Å². The van der Waals surface area contributed by atoms with Crippen LogP contribution < -0.4 is 11.2 Å². The summed E-state index contributed by atoms with van der Waals surface area (Å²) in [4.78, 5) is 36.6. The molecular formula is C11H14N2O7. The van der Waals surface area contributed by atoms with Crippen molar-refractivity contribution in [2.24, 2.45) is 0 Å². The summed E-state index contributed by atoms with van der Waals surface area (Å²) in [6.07, 6.45) is -1.57. The summed E-state index contributed by atoms with van der Waals surface area (Å²) in [6, 6.07) is 0. The van der Waals surface area contributed by atoms with Crippen LogP contribution in [0, 0.1) is 0 Å². The lowest BCUT2D eigenvalue weighted by Gasteiger charge is -2.14. The van der Waals surface area contributed by atoms with Gasteiger partial charge in [-0.15, -0.1) is 0 Å². The maximum Gasteiger partial charge on any atom is 0.345 e. The zero-order valence-corrected chi connectivity index (χ0v) is 10.6. The molecule has 0 spiro atoms. The summed E-state index contributed by atoms with van der Waals surface area (Å²) < 4.78 is 10.7. The Bertz CT molecular complexity index is 620. The molecule has 0 unspecified atom stereocenters. The van der Waals surface area contributed by atoms with Crippen LogP contribution in [0.4, 0.5) is 0 Å². The van der Waals surface area contributed by atoms with Gasteiger partial charge in [0.1, 0.15) is 17.9 Å². The lowest BCUT2D eigenvalue weighted by molar-refractivity contribution is -0.0460. The van der Waals surface area contributed by atoms with E-state index in [2.05, 4.69) is 4.74 Å². The van der Waals surface area contributed by atoms with E-state index in [1.165, 1.54) is 0 Å². The molecule has 0 saturated carbocycles. The van der Waals surface area contributed by atoms with Crippen molar-refractivity contribution in [2.45, 2.75) is 24.9 Å². The van der Waals surface area contributed by atoms with Gasteiger partial charge in [0.05, 0.1) is 19.8 Å². The maximum absolute atomic E-state index is 11.7. The van der Waals surface area contributed by atoms with E-state index in [9.17, 15) is 19.5 Å². The second-order valence-corrected chi connectivity index (χ2v) is 4.32. The Balaban J connectivity index is 2.40. The van der Waals surface area contributed by atoms with Crippen molar-refractivity contribution in [3.8, 4) is 0 Å². The van der Waals surface area contributed by atoms with E-state index in [1.807, 2.05) is 4.98 Å². The Morgan fingerprint density at radius 1 is 1.60 bits per heavy atom. The van der Waals surface area contributed by atoms with Crippen LogP contribution in [0.5, 0.6) is 0 Å². The molecule has 3 N–H and O–H groups in total. The van der Waals surface area contributed by atoms with E-state index in [0.29, 0.717) is 0 Å². The Kier molecular flexibility index (Phi) is 4.02. The highest BCUT2D eigenvalue weighted by Gasteiger charge is 2.35. The van der Waals surface area contributed by atoms with Crippen LogP contribution in [0.1, 0.15) is 23.0 Å². The highest BCUT2D eigenvalue weighted by atomic mass is 16.5. The van der Waals surface area contributed by atoms with Crippen LogP contribution >= 0.6 is 0 Å². The normalized spacial score (nSPS) is 25.6. The summed E-state index contributed by atoms with van der Waals surface area (Å²) in [5.41, 5.74) is -1.99. The summed E-state index contributed by atoms with van der Waals surface area (Å²) in [6.45, 7) is -0.403. The first kappa shape index (κ1) is 14.4. The summed E-state index contributed by atoms with van der Waals surface area (Å²) in [7, 11) is 1.11. The monoisotopic (exact) mass is 286 g/mol. The number of aliphatic hydroxyl groups excluding tert-OH is 2. The van der Waals surface area contributed by atoms with E-state index >= 15 is 0 Å². The van der Waals surface area contributed by atoms with Crippen LogP contribution in [0.25, 0.3) is 0 Å². The van der Waals surface area contributed by atoms with Crippen LogP contribution in [0.15, 0.2) is 15.8 Å². The molecule has 1 aliphatic rings. The zero-order valence-electron chi connectivity index (χ0n) is 10.6. The molecule has 1 aliphatic heterocycles. The average Bonchev–Trinajstić information content (AvgIpc) is 2.79. The third-order valence-corrected chi connectivity index (χ3v) is 3.07. The van der Waals surface area contributed by atoms with Gasteiger partial charge in [0.25, 0.3) is 5.56 Å². The van der Waals surface area contributed by atoms with Crippen molar-refractivity contribution in [1.82, 2.24) is 9.55 Å². The number of hydrogen-bond acceptors (Lipinski definition) is 7.